The van der Waals surface area contributed by atoms with E-state index in [0.29, 0.717) is 0 Å². The molecule has 2 heteroatoms. The van der Waals surface area contributed by atoms with E-state index in [2.05, 4.69) is 37.4 Å². The van der Waals surface area contributed by atoms with Crippen LogP contribution in [0, 0.1) is 19.8 Å². The van der Waals surface area contributed by atoms with E-state index in [1.807, 2.05) is 20.8 Å². The van der Waals surface area contributed by atoms with Gasteiger partial charge in [-0.25, -0.2) is 0 Å². The van der Waals surface area contributed by atoms with Gasteiger partial charge in [-0.1, -0.05) is 37.6 Å². The fraction of sp³-hybridized carbons (Fsp3) is 0.500. The van der Waals surface area contributed by atoms with E-state index >= 15 is 0 Å². The predicted molar refractivity (Wildman–Crippen MR) is 67.3 cm³/mol. The first-order valence-corrected chi connectivity index (χ1v) is 5.79. The van der Waals surface area contributed by atoms with Gasteiger partial charge in [0.1, 0.15) is 0 Å². The fourth-order valence-corrected chi connectivity index (χ4v) is 1.68. The third-order valence-electron chi connectivity index (χ3n) is 2.78. The molecule has 0 saturated heterocycles. The van der Waals surface area contributed by atoms with Crippen LogP contribution in [0.1, 0.15) is 43.5 Å². The van der Waals surface area contributed by atoms with Gasteiger partial charge in [0.25, 0.3) is 0 Å². The second-order valence-electron chi connectivity index (χ2n) is 4.75. The third-order valence-corrected chi connectivity index (χ3v) is 2.78. The molecule has 0 spiro atoms. The molecular weight excluding hydrogens is 198 g/mol. The van der Waals surface area contributed by atoms with E-state index in [4.69, 9.17) is 0 Å². The number of carbonyl (C=O) groups excluding carboxylic acids is 1. The van der Waals surface area contributed by atoms with Crippen LogP contribution in [0.15, 0.2) is 18.2 Å². The lowest BCUT2D eigenvalue weighted by Gasteiger charge is -2.18. The van der Waals surface area contributed by atoms with Crippen molar-refractivity contribution in [3.63, 3.8) is 0 Å². The minimum Gasteiger partial charge on any atom is -0.349 e. The Morgan fingerprint density at radius 2 is 1.81 bits per heavy atom. The van der Waals surface area contributed by atoms with E-state index in [1.54, 1.807) is 0 Å². The van der Waals surface area contributed by atoms with Gasteiger partial charge in [0.15, 0.2) is 0 Å². The van der Waals surface area contributed by atoms with Crippen LogP contribution in [0.4, 0.5) is 0 Å². The SMILES string of the molecule is Cc1ccc(C)c([C@@H](C)NC(=O)C(C)C)c1. The summed E-state index contributed by atoms with van der Waals surface area (Å²) in [5, 5.41) is 3.02. The van der Waals surface area contributed by atoms with Crippen LogP contribution in [0.3, 0.4) is 0 Å². The topological polar surface area (TPSA) is 29.1 Å². The van der Waals surface area contributed by atoms with Crippen molar-refractivity contribution in [2.45, 2.75) is 40.7 Å². The highest BCUT2D eigenvalue weighted by molar-refractivity contribution is 5.78. The highest BCUT2D eigenvalue weighted by atomic mass is 16.1. The number of nitrogens with one attached hydrogen (secondary N) is 1. The number of amides is 1. The summed E-state index contributed by atoms with van der Waals surface area (Å²) in [7, 11) is 0. The summed E-state index contributed by atoms with van der Waals surface area (Å²) >= 11 is 0. The number of hydrogen-bond acceptors (Lipinski definition) is 1. The summed E-state index contributed by atoms with van der Waals surface area (Å²) in [4.78, 5) is 11.6. The molecule has 0 bridgehead atoms. The Hall–Kier alpha value is -1.31. The number of benzene rings is 1. The molecule has 1 aromatic rings. The van der Waals surface area contributed by atoms with E-state index in [-0.39, 0.29) is 17.9 Å². The predicted octanol–water partition coefficient (Wildman–Crippen LogP) is 3.14. The number of hydrogen-bond donors (Lipinski definition) is 1. The monoisotopic (exact) mass is 219 g/mol. The van der Waals surface area contributed by atoms with Gasteiger partial charge in [-0.05, 0) is 31.9 Å². The zero-order valence-electron chi connectivity index (χ0n) is 10.8. The van der Waals surface area contributed by atoms with Crippen molar-refractivity contribution in [3.05, 3.63) is 34.9 Å². The third kappa shape index (κ3) is 3.09. The average molecular weight is 219 g/mol. The molecule has 0 aliphatic carbocycles. The minimum atomic E-state index is 0.0348. The van der Waals surface area contributed by atoms with Crippen LogP contribution >= 0.6 is 0 Å². The first kappa shape index (κ1) is 12.8. The molecule has 1 aromatic carbocycles. The number of rotatable bonds is 3. The average Bonchev–Trinajstić information content (AvgIpc) is 2.21. The Balaban J connectivity index is 2.84. The summed E-state index contributed by atoms with van der Waals surface area (Å²) in [5.41, 5.74) is 3.66. The quantitative estimate of drug-likeness (QED) is 0.831. The van der Waals surface area contributed by atoms with Crippen molar-refractivity contribution in [2.75, 3.05) is 0 Å². The normalized spacial score (nSPS) is 12.6. The molecule has 0 unspecified atom stereocenters. The molecule has 88 valence electrons. The van der Waals surface area contributed by atoms with E-state index in [1.165, 1.54) is 16.7 Å². The van der Waals surface area contributed by atoms with Crippen molar-refractivity contribution in [3.8, 4) is 0 Å². The molecule has 0 aliphatic rings. The molecule has 0 fully saturated rings. The standard InChI is InChI=1S/C14H21NO/c1-9(2)14(16)15-12(5)13-8-10(3)6-7-11(13)4/h6-9,12H,1-5H3,(H,15,16)/t12-/m1/s1. The van der Waals surface area contributed by atoms with Crippen LogP contribution < -0.4 is 5.32 Å². The Kier molecular flexibility index (Phi) is 4.11. The van der Waals surface area contributed by atoms with Gasteiger partial charge in [0.2, 0.25) is 5.91 Å². The molecule has 0 saturated carbocycles. The fourth-order valence-electron chi connectivity index (χ4n) is 1.68. The Morgan fingerprint density at radius 3 is 2.38 bits per heavy atom. The second-order valence-corrected chi connectivity index (χ2v) is 4.75. The summed E-state index contributed by atoms with van der Waals surface area (Å²) < 4.78 is 0. The first-order chi connectivity index (χ1) is 7.41. The highest BCUT2D eigenvalue weighted by Gasteiger charge is 2.13. The van der Waals surface area contributed by atoms with Crippen LogP contribution in [0.2, 0.25) is 0 Å². The maximum atomic E-state index is 11.6. The van der Waals surface area contributed by atoms with E-state index < -0.39 is 0 Å². The molecule has 0 radical (unpaired) electrons. The number of aryl methyl sites for hydroxylation is 2. The van der Waals surface area contributed by atoms with Crippen LogP contribution in [0.25, 0.3) is 0 Å². The lowest BCUT2D eigenvalue weighted by molar-refractivity contribution is -0.124. The summed E-state index contributed by atoms with van der Waals surface area (Å²) in [5.74, 6) is 0.140. The first-order valence-electron chi connectivity index (χ1n) is 5.79. The summed E-state index contributed by atoms with van der Waals surface area (Å²) in [6.07, 6.45) is 0. The number of carbonyl (C=O) groups is 1. The Morgan fingerprint density at radius 1 is 1.19 bits per heavy atom. The molecule has 1 atom stereocenters. The summed E-state index contributed by atoms with van der Waals surface area (Å²) in [6, 6.07) is 6.41. The van der Waals surface area contributed by atoms with Crippen LogP contribution in [-0.2, 0) is 4.79 Å². The van der Waals surface area contributed by atoms with Crippen LogP contribution in [0.5, 0.6) is 0 Å². The molecule has 0 aromatic heterocycles. The van der Waals surface area contributed by atoms with Crippen molar-refractivity contribution in [1.29, 1.82) is 0 Å². The van der Waals surface area contributed by atoms with Crippen molar-refractivity contribution in [1.82, 2.24) is 5.32 Å². The van der Waals surface area contributed by atoms with Crippen molar-refractivity contribution in [2.24, 2.45) is 5.92 Å². The zero-order chi connectivity index (χ0) is 12.3. The Bertz CT molecular complexity index is 382. The van der Waals surface area contributed by atoms with Crippen molar-refractivity contribution < 1.29 is 4.79 Å². The zero-order valence-corrected chi connectivity index (χ0v) is 10.8. The van der Waals surface area contributed by atoms with Gasteiger partial charge < -0.3 is 5.32 Å². The molecule has 0 heterocycles. The van der Waals surface area contributed by atoms with Gasteiger partial charge in [0, 0.05) is 5.92 Å². The minimum absolute atomic E-state index is 0.0348. The van der Waals surface area contributed by atoms with Crippen molar-refractivity contribution >= 4 is 5.91 Å². The molecule has 2 nitrogen and oxygen atoms in total. The smallest absolute Gasteiger partial charge is 0.223 e. The van der Waals surface area contributed by atoms with Gasteiger partial charge in [-0.3, -0.25) is 4.79 Å². The van der Waals surface area contributed by atoms with E-state index in [0.717, 1.165) is 0 Å². The van der Waals surface area contributed by atoms with E-state index in [9.17, 15) is 4.79 Å². The molecule has 1 N–H and O–H groups in total. The Labute approximate surface area is 98.1 Å². The molecule has 1 rings (SSSR count). The lowest BCUT2D eigenvalue weighted by atomic mass is 9.99. The molecule has 16 heavy (non-hydrogen) atoms. The van der Waals surface area contributed by atoms with Crippen LogP contribution in [-0.4, -0.2) is 5.91 Å². The molecule has 1 amide bonds. The maximum absolute atomic E-state index is 11.6. The second kappa shape index (κ2) is 5.15. The molecular formula is C14H21NO. The maximum Gasteiger partial charge on any atom is 0.223 e. The van der Waals surface area contributed by atoms with Gasteiger partial charge >= 0.3 is 0 Å². The highest BCUT2D eigenvalue weighted by Crippen LogP contribution is 2.19. The van der Waals surface area contributed by atoms with Gasteiger partial charge in [-0.15, -0.1) is 0 Å². The van der Waals surface area contributed by atoms with Gasteiger partial charge in [-0.2, -0.15) is 0 Å². The lowest BCUT2D eigenvalue weighted by Crippen LogP contribution is -2.30. The molecule has 0 aliphatic heterocycles. The van der Waals surface area contributed by atoms with Gasteiger partial charge in [0.05, 0.1) is 6.04 Å². The largest absolute Gasteiger partial charge is 0.349 e. The summed E-state index contributed by atoms with van der Waals surface area (Å²) in [6.45, 7) is 9.99.